The van der Waals surface area contributed by atoms with Gasteiger partial charge >= 0.3 is 0 Å². The van der Waals surface area contributed by atoms with E-state index in [0.29, 0.717) is 24.6 Å². The normalized spacial score (nSPS) is 11.5. The molecule has 2 rings (SSSR count). The van der Waals surface area contributed by atoms with Gasteiger partial charge in [0.15, 0.2) is 15.8 Å². The monoisotopic (exact) mass is 517 g/mol. The maximum Gasteiger partial charge on any atom is 0.193 e. The van der Waals surface area contributed by atoms with Crippen molar-refractivity contribution in [2.45, 2.75) is 24.9 Å². The van der Waals surface area contributed by atoms with Gasteiger partial charge in [-0.3, -0.25) is 4.99 Å². The fraction of sp³-hybridized carbons (Fsp3) is 0.350. The highest BCUT2D eigenvalue weighted by Crippen LogP contribution is 2.14. The number of aliphatic imine (C=N–C) groups is 1. The number of nitrogens with zero attached hydrogens (tertiary/aromatic N) is 2. The number of rotatable bonds is 7. The highest BCUT2D eigenvalue weighted by Gasteiger charge is 2.09. The first-order valence-electron chi connectivity index (χ1n) is 8.76. The van der Waals surface area contributed by atoms with Gasteiger partial charge in [0.05, 0.1) is 11.5 Å². The van der Waals surface area contributed by atoms with Crippen LogP contribution in [0.2, 0.25) is 0 Å². The predicted octanol–water partition coefficient (Wildman–Crippen LogP) is 3.31. The zero-order valence-corrected chi connectivity index (χ0v) is 19.8. The summed E-state index contributed by atoms with van der Waals surface area (Å²) in [5.74, 6) is 1.63. The minimum Gasteiger partial charge on any atom is -0.494 e. The van der Waals surface area contributed by atoms with Crippen molar-refractivity contribution in [3.8, 4) is 5.75 Å². The van der Waals surface area contributed by atoms with Crippen molar-refractivity contribution in [2.24, 2.45) is 4.99 Å². The average molecular weight is 517 g/mol. The zero-order chi connectivity index (χ0) is 19.9. The van der Waals surface area contributed by atoms with Crippen molar-refractivity contribution in [3.05, 3.63) is 59.7 Å². The summed E-state index contributed by atoms with van der Waals surface area (Å²) in [6.07, 6.45) is 1.21. The number of ether oxygens (including phenoxy) is 1. The molecule has 1 N–H and O–H groups in total. The van der Waals surface area contributed by atoms with Crippen LogP contribution in [0.4, 0.5) is 0 Å². The van der Waals surface area contributed by atoms with E-state index in [9.17, 15) is 8.42 Å². The molecule has 2 aromatic rings. The Balaban J connectivity index is 0.00000392. The molecule has 0 atom stereocenters. The summed E-state index contributed by atoms with van der Waals surface area (Å²) in [5, 5.41) is 3.30. The molecule has 154 valence electrons. The molecule has 0 saturated heterocycles. The van der Waals surface area contributed by atoms with Crippen LogP contribution in [0.15, 0.2) is 58.4 Å². The molecule has 0 aliphatic rings. The van der Waals surface area contributed by atoms with Gasteiger partial charge in [0.1, 0.15) is 5.75 Å². The summed E-state index contributed by atoms with van der Waals surface area (Å²) < 4.78 is 28.5. The smallest absolute Gasteiger partial charge is 0.193 e. The first-order valence-corrected chi connectivity index (χ1v) is 10.6. The van der Waals surface area contributed by atoms with Crippen LogP contribution in [-0.4, -0.2) is 46.2 Å². The first kappa shape index (κ1) is 24.2. The number of hydrogen-bond acceptors (Lipinski definition) is 4. The second-order valence-corrected chi connectivity index (χ2v) is 8.27. The van der Waals surface area contributed by atoms with Crippen molar-refractivity contribution in [1.29, 1.82) is 0 Å². The van der Waals surface area contributed by atoms with Gasteiger partial charge in [-0.05, 0) is 42.3 Å². The van der Waals surface area contributed by atoms with Crippen LogP contribution in [0.1, 0.15) is 18.1 Å². The fourth-order valence-corrected chi connectivity index (χ4v) is 3.26. The molecule has 0 saturated carbocycles. The van der Waals surface area contributed by atoms with Gasteiger partial charge in [0, 0.05) is 33.4 Å². The molecule has 28 heavy (non-hydrogen) atoms. The van der Waals surface area contributed by atoms with Gasteiger partial charge in [0.25, 0.3) is 0 Å². The summed E-state index contributed by atoms with van der Waals surface area (Å²) in [6.45, 7) is 3.89. The summed E-state index contributed by atoms with van der Waals surface area (Å²) >= 11 is 0. The van der Waals surface area contributed by atoms with Crippen LogP contribution in [0, 0.1) is 0 Å². The van der Waals surface area contributed by atoms with Gasteiger partial charge in [0.2, 0.25) is 0 Å². The lowest BCUT2D eigenvalue weighted by atomic mass is 10.2. The van der Waals surface area contributed by atoms with Crippen molar-refractivity contribution in [1.82, 2.24) is 10.2 Å². The number of hydrogen-bond donors (Lipinski definition) is 1. The minimum atomic E-state index is -3.17. The molecular formula is C20H28IN3O3S. The molecule has 0 unspecified atom stereocenters. The van der Waals surface area contributed by atoms with Crippen LogP contribution < -0.4 is 10.1 Å². The highest BCUT2D eigenvalue weighted by atomic mass is 127. The summed E-state index contributed by atoms with van der Waals surface area (Å²) in [7, 11) is 0.539. The van der Waals surface area contributed by atoms with Crippen molar-refractivity contribution < 1.29 is 13.2 Å². The molecule has 0 bridgehead atoms. The van der Waals surface area contributed by atoms with Crippen LogP contribution in [-0.2, 0) is 22.9 Å². The van der Waals surface area contributed by atoms with Gasteiger partial charge in [-0.25, -0.2) is 8.42 Å². The molecule has 0 fully saturated rings. The van der Waals surface area contributed by atoms with Crippen LogP contribution in [0.3, 0.4) is 0 Å². The van der Waals surface area contributed by atoms with Gasteiger partial charge in [-0.1, -0.05) is 24.3 Å². The van der Waals surface area contributed by atoms with E-state index in [1.165, 1.54) is 6.26 Å². The molecule has 0 aliphatic heterocycles. The first-order chi connectivity index (χ1) is 12.8. The highest BCUT2D eigenvalue weighted by molar-refractivity contribution is 14.0. The molecular weight excluding hydrogens is 489 g/mol. The van der Waals surface area contributed by atoms with Crippen LogP contribution in [0.25, 0.3) is 0 Å². The van der Waals surface area contributed by atoms with Gasteiger partial charge in [-0.15, -0.1) is 24.0 Å². The maximum atomic E-state index is 11.5. The Morgan fingerprint density at radius 3 is 2.14 bits per heavy atom. The van der Waals surface area contributed by atoms with Crippen LogP contribution >= 0.6 is 24.0 Å². The number of halogens is 1. The van der Waals surface area contributed by atoms with E-state index in [0.717, 1.165) is 22.8 Å². The average Bonchev–Trinajstić information content (AvgIpc) is 2.64. The number of benzene rings is 2. The second-order valence-electron chi connectivity index (χ2n) is 6.25. The molecule has 8 heteroatoms. The van der Waals surface area contributed by atoms with E-state index >= 15 is 0 Å². The minimum absolute atomic E-state index is 0. The molecule has 0 amide bonds. The molecule has 0 heterocycles. The third-order valence-electron chi connectivity index (χ3n) is 4.03. The number of nitrogens with one attached hydrogen (secondary N) is 1. The summed E-state index contributed by atoms with van der Waals surface area (Å²) in [5.41, 5.74) is 2.14. The van der Waals surface area contributed by atoms with E-state index in [1.54, 1.807) is 19.2 Å². The SMILES string of the molecule is CCOc1ccc(CN(C)C(=NC)NCc2ccc(S(C)(=O)=O)cc2)cc1.I. The van der Waals surface area contributed by atoms with E-state index in [2.05, 4.69) is 10.3 Å². The standard InChI is InChI=1S/C20H27N3O3S.HI/c1-5-26-18-10-6-17(7-11-18)15-23(3)20(21-2)22-14-16-8-12-19(13-9-16)27(4,24)25;/h6-13H,5,14-15H2,1-4H3,(H,21,22);1H. The lowest BCUT2D eigenvalue weighted by Gasteiger charge is -2.22. The zero-order valence-electron chi connectivity index (χ0n) is 16.7. The van der Waals surface area contributed by atoms with Crippen molar-refractivity contribution in [3.63, 3.8) is 0 Å². The molecule has 0 aromatic heterocycles. The molecule has 0 spiro atoms. The lowest BCUT2D eigenvalue weighted by Crippen LogP contribution is -2.38. The maximum absolute atomic E-state index is 11.5. The third kappa shape index (κ3) is 7.31. The Morgan fingerprint density at radius 1 is 1.07 bits per heavy atom. The molecule has 0 radical (unpaired) electrons. The Morgan fingerprint density at radius 2 is 1.64 bits per heavy atom. The topological polar surface area (TPSA) is 71.0 Å². The van der Waals surface area contributed by atoms with E-state index < -0.39 is 9.84 Å². The number of sulfone groups is 1. The Kier molecular flexibility index (Phi) is 9.74. The largest absolute Gasteiger partial charge is 0.494 e. The molecule has 2 aromatic carbocycles. The lowest BCUT2D eigenvalue weighted by molar-refractivity contribution is 0.340. The molecule has 0 aliphatic carbocycles. The summed E-state index contributed by atoms with van der Waals surface area (Å²) in [4.78, 5) is 6.66. The predicted molar refractivity (Wildman–Crippen MR) is 124 cm³/mol. The third-order valence-corrected chi connectivity index (χ3v) is 5.16. The van der Waals surface area contributed by atoms with Crippen molar-refractivity contribution >= 4 is 39.8 Å². The fourth-order valence-electron chi connectivity index (χ4n) is 2.63. The van der Waals surface area contributed by atoms with Gasteiger partial charge in [-0.2, -0.15) is 0 Å². The Hall–Kier alpha value is -1.81. The Bertz CT molecular complexity index is 867. The van der Waals surface area contributed by atoms with Crippen molar-refractivity contribution in [2.75, 3.05) is 27.0 Å². The van der Waals surface area contributed by atoms with E-state index in [1.807, 2.05) is 55.3 Å². The molecule has 6 nitrogen and oxygen atoms in total. The quantitative estimate of drug-likeness (QED) is 0.347. The second kappa shape index (κ2) is 11.3. The van der Waals surface area contributed by atoms with E-state index in [4.69, 9.17) is 4.74 Å². The summed E-state index contributed by atoms with van der Waals surface area (Å²) in [6, 6.07) is 14.9. The number of guanidine groups is 1. The van der Waals surface area contributed by atoms with E-state index in [-0.39, 0.29) is 24.0 Å². The Labute approximate surface area is 184 Å². The van der Waals surface area contributed by atoms with Gasteiger partial charge < -0.3 is 15.0 Å². The van der Waals surface area contributed by atoms with Crippen LogP contribution in [0.5, 0.6) is 5.75 Å².